The number of hydrogen-bond donors (Lipinski definition) is 0. The first-order valence-corrected chi connectivity index (χ1v) is 15.4. The van der Waals surface area contributed by atoms with Crippen LogP contribution in [0.1, 0.15) is 71.9 Å². The average molecular weight is 578 g/mol. The third-order valence-corrected chi connectivity index (χ3v) is 8.48. The molecule has 0 radical (unpaired) electrons. The number of carbonyl (C=O) groups excluding carboxylic acids is 1. The van der Waals surface area contributed by atoms with Gasteiger partial charge in [-0.15, -0.1) is 0 Å². The summed E-state index contributed by atoms with van der Waals surface area (Å²) < 4.78 is 54.9. The summed E-state index contributed by atoms with van der Waals surface area (Å²) in [5, 5.41) is 0. The van der Waals surface area contributed by atoms with Gasteiger partial charge in [-0.2, -0.15) is 0 Å². The zero-order valence-electron chi connectivity index (χ0n) is 25.0. The Morgan fingerprint density at radius 1 is 1.18 bits per heavy atom. The first kappa shape index (κ1) is 31.6. The van der Waals surface area contributed by atoms with E-state index < -0.39 is 27.9 Å². The maximum absolute atomic E-state index is 14.9. The number of aromatic nitrogens is 1. The molecule has 1 aliphatic rings. The second-order valence-electron chi connectivity index (χ2n) is 12.3. The molecule has 2 atom stereocenters. The number of amides is 1. The standard InChI is InChI=1S/C30H44FN3O5S/c1-20(2)17-34(28-22(5)15-24(16-32-28)21(3)4)40(36,37)26-11-9-25(10-12-26)38-19-23-13-14-33(18-27(23)31)29(35)39-30(6,7)8/h9-12,15-16,20-21,23,27H,13-14,17-19H2,1-8H3/t23-,27-/m0/s1. The van der Waals surface area contributed by atoms with Gasteiger partial charge in [-0.25, -0.2) is 26.9 Å². The van der Waals surface area contributed by atoms with Crippen LogP contribution in [0.3, 0.4) is 0 Å². The molecule has 40 heavy (non-hydrogen) atoms. The van der Waals surface area contributed by atoms with Crippen molar-refractivity contribution in [2.75, 3.05) is 30.5 Å². The van der Waals surface area contributed by atoms with Crippen LogP contribution in [-0.4, -0.2) is 62.4 Å². The summed E-state index contributed by atoms with van der Waals surface area (Å²) in [5.74, 6) is 0.857. The lowest BCUT2D eigenvalue weighted by molar-refractivity contribution is 0.000402. The molecule has 1 aromatic carbocycles. The van der Waals surface area contributed by atoms with E-state index in [1.807, 2.05) is 26.8 Å². The van der Waals surface area contributed by atoms with Gasteiger partial charge in [0.2, 0.25) is 0 Å². The summed E-state index contributed by atoms with van der Waals surface area (Å²) in [6.07, 6.45) is 0.421. The van der Waals surface area contributed by atoms with Crippen molar-refractivity contribution in [3.63, 3.8) is 0 Å². The van der Waals surface area contributed by atoms with Gasteiger partial charge < -0.3 is 14.4 Å². The maximum atomic E-state index is 14.9. The van der Waals surface area contributed by atoms with Crippen molar-refractivity contribution in [2.45, 2.75) is 84.4 Å². The second-order valence-corrected chi connectivity index (χ2v) is 14.1. The zero-order chi connectivity index (χ0) is 29.8. The number of hydrogen-bond acceptors (Lipinski definition) is 6. The van der Waals surface area contributed by atoms with Crippen molar-refractivity contribution in [3.05, 3.63) is 47.7 Å². The van der Waals surface area contributed by atoms with Crippen molar-refractivity contribution in [2.24, 2.45) is 11.8 Å². The quantitative estimate of drug-likeness (QED) is 0.346. The number of carbonyl (C=O) groups is 1. The molecule has 0 aliphatic carbocycles. The van der Waals surface area contributed by atoms with Gasteiger partial charge in [-0.3, -0.25) is 0 Å². The number of likely N-dealkylation sites (tertiary alicyclic amines) is 1. The number of nitrogens with zero attached hydrogens (tertiary/aromatic N) is 3. The molecule has 2 aromatic rings. The summed E-state index contributed by atoms with van der Waals surface area (Å²) >= 11 is 0. The van der Waals surface area contributed by atoms with Gasteiger partial charge in [0.25, 0.3) is 10.0 Å². The largest absolute Gasteiger partial charge is 0.493 e. The highest BCUT2D eigenvalue weighted by atomic mass is 32.2. The van der Waals surface area contributed by atoms with Gasteiger partial charge in [-0.1, -0.05) is 33.8 Å². The van der Waals surface area contributed by atoms with E-state index in [0.717, 1.165) is 11.1 Å². The van der Waals surface area contributed by atoms with E-state index in [-0.39, 0.29) is 42.3 Å². The Labute approximate surface area is 238 Å². The molecule has 1 aliphatic heterocycles. The van der Waals surface area contributed by atoms with Crippen LogP contribution in [0.25, 0.3) is 0 Å². The highest BCUT2D eigenvalue weighted by molar-refractivity contribution is 7.92. The molecule has 0 N–H and O–H groups in total. The Morgan fingerprint density at radius 2 is 1.82 bits per heavy atom. The van der Waals surface area contributed by atoms with Crippen molar-refractivity contribution in [3.8, 4) is 5.75 Å². The molecular weight excluding hydrogens is 533 g/mol. The third-order valence-electron chi connectivity index (χ3n) is 6.71. The lowest BCUT2D eigenvalue weighted by Gasteiger charge is -2.35. The van der Waals surface area contributed by atoms with E-state index >= 15 is 0 Å². The topological polar surface area (TPSA) is 89.0 Å². The van der Waals surface area contributed by atoms with Gasteiger partial charge in [-0.05, 0) is 81.3 Å². The van der Waals surface area contributed by atoms with Crippen LogP contribution < -0.4 is 9.04 Å². The van der Waals surface area contributed by atoms with E-state index in [2.05, 4.69) is 18.8 Å². The van der Waals surface area contributed by atoms with Crippen molar-refractivity contribution >= 4 is 21.9 Å². The van der Waals surface area contributed by atoms with Gasteiger partial charge in [0.1, 0.15) is 23.3 Å². The van der Waals surface area contributed by atoms with Gasteiger partial charge in [0.05, 0.1) is 18.0 Å². The van der Waals surface area contributed by atoms with Crippen molar-refractivity contribution in [1.29, 1.82) is 0 Å². The summed E-state index contributed by atoms with van der Waals surface area (Å²) in [7, 11) is -3.89. The van der Waals surface area contributed by atoms with Crippen LogP contribution >= 0.6 is 0 Å². The zero-order valence-corrected chi connectivity index (χ0v) is 25.8. The number of rotatable bonds is 9. The minimum Gasteiger partial charge on any atom is -0.493 e. The molecule has 10 heteroatoms. The first-order valence-electron chi connectivity index (χ1n) is 13.9. The number of alkyl halides is 1. The lowest BCUT2D eigenvalue weighted by Crippen LogP contribution is -2.48. The predicted octanol–water partition coefficient (Wildman–Crippen LogP) is 6.34. The Bertz CT molecular complexity index is 1260. The number of halogens is 1. The summed E-state index contributed by atoms with van der Waals surface area (Å²) in [6, 6.07) is 8.18. The van der Waals surface area contributed by atoms with Crippen LogP contribution in [0.4, 0.5) is 15.0 Å². The average Bonchev–Trinajstić information content (AvgIpc) is 2.85. The predicted molar refractivity (Wildman–Crippen MR) is 155 cm³/mol. The number of benzene rings is 1. The summed E-state index contributed by atoms with van der Waals surface area (Å²) in [5.41, 5.74) is 1.21. The number of sulfonamides is 1. The van der Waals surface area contributed by atoms with Crippen LogP contribution in [0, 0.1) is 18.8 Å². The number of pyridine rings is 1. The Kier molecular flexibility index (Phi) is 10.1. The van der Waals surface area contributed by atoms with E-state index in [9.17, 15) is 17.6 Å². The van der Waals surface area contributed by atoms with Gasteiger partial charge >= 0.3 is 6.09 Å². The summed E-state index contributed by atoms with van der Waals surface area (Å²) in [4.78, 5) is 18.3. The molecule has 3 rings (SSSR count). The fourth-order valence-electron chi connectivity index (χ4n) is 4.47. The van der Waals surface area contributed by atoms with E-state index in [1.54, 1.807) is 39.1 Å². The lowest BCUT2D eigenvalue weighted by atomic mass is 9.96. The molecule has 1 aromatic heterocycles. The van der Waals surface area contributed by atoms with E-state index in [0.29, 0.717) is 24.5 Å². The molecule has 0 unspecified atom stereocenters. The molecule has 0 saturated carbocycles. The molecule has 2 heterocycles. The Balaban J connectivity index is 1.68. The number of ether oxygens (including phenoxy) is 2. The van der Waals surface area contributed by atoms with Gasteiger partial charge in [0.15, 0.2) is 0 Å². The van der Waals surface area contributed by atoms with Crippen LogP contribution in [0.5, 0.6) is 5.75 Å². The minimum absolute atomic E-state index is 0.0442. The molecule has 8 nitrogen and oxygen atoms in total. The molecule has 0 spiro atoms. The van der Waals surface area contributed by atoms with Crippen LogP contribution in [0.15, 0.2) is 41.4 Å². The number of aryl methyl sites for hydroxylation is 1. The monoisotopic (exact) mass is 577 g/mol. The molecular formula is C30H44FN3O5S. The van der Waals surface area contributed by atoms with Crippen molar-refractivity contribution in [1.82, 2.24) is 9.88 Å². The smallest absolute Gasteiger partial charge is 0.410 e. The number of piperidine rings is 1. The Morgan fingerprint density at radius 3 is 2.35 bits per heavy atom. The Hall–Kier alpha value is -2.88. The molecule has 222 valence electrons. The fourth-order valence-corrected chi connectivity index (χ4v) is 6.12. The molecule has 1 fully saturated rings. The van der Waals surface area contributed by atoms with Crippen LogP contribution in [-0.2, 0) is 14.8 Å². The SMILES string of the molecule is Cc1cc(C(C)C)cnc1N(CC(C)C)S(=O)(=O)c1ccc(OC[C@@H]2CCN(C(=O)OC(C)(C)C)C[C@@H]2F)cc1. The minimum atomic E-state index is -3.89. The number of anilines is 1. The highest BCUT2D eigenvalue weighted by Gasteiger charge is 2.34. The highest BCUT2D eigenvalue weighted by Crippen LogP contribution is 2.30. The fraction of sp³-hybridized carbons (Fsp3) is 0.600. The molecule has 1 saturated heterocycles. The molecule has 0 bridgehead atoms. The second kappa shape index (κ2) is 12.7. The van der Waals surface area contributed by atoms with Crippen LogP contribution in [0.2, 0.25) is 0 Å². The first-order chi connectivity index (χ1) is 18.6. The summed E-state index contributed by atoms with van der Waals surface area (Å²) in [6.45, 7) is 16.0. The molecule has 1 amide bonds. The normalized spacial score (nSPS) is 18.2. The van der Waals surface area contributed by atoms with E-state index in [4.69, 9.17) is 9.47 Å². The maximum Gasteiger partial charge on any atom is 0.410 e. The van der Waals surface area contributed by atoms with Crippen molar-refractivity contribution < 1.29 is 27.1 Å². The third kappa shape index (κ3) is 8.08. The van der Waals surface area contributed by atoms with Gasteiger partial charge in [0, 0.05) is 25.2 Å². The van der Waals surface area contributed by atoms with E-state index in [1.165, 1.54) is 21.3 Å².